The van der Waals surface area contributed by atoms with E-state index in [1.807, 2.05) is 11.8 Å². The first-order chi connectivity index (χ1) is 11.5. The fourth-order valence-electron chi connectivity index (χ4n) is 2.26. The Morgan fingerprint density at radius 3 is 2.96 bits per heavy atom. The monoisotopic (exact) mass is 349 g/mol. The van der Waals surface area contributed by atoms with E-state index >= 15 is 0 Å². The SMILES string of the molecule is CCO/C(=C\C=O)CN1CCSC1=Nc1ccc([N+](=O)[O-])cc1C. The second kappa shape index (κ2) is 8.49. The van der Waals surface area contributed by atoms with E-state index in [2.05, 4.69) is 4.99 Å². The number of hydrogen-bond acceptors (Lipinski definition) is 6. The average molecular weight is 349 g/mol. The molecule has 0 unspecified atom stereocenters. The molecule has 0 aromatic heterocycles. The number of non-ortho nitro benzene ring substituents is 1. The summed E-state index contributed by atoms with van der Waals surface area (Å²) in [6, 6.07) is 4.62. The molecule has 0 spiro atoms. The maximum atomic E-state index is 10.8. The quantitative estimate of drug-likeness (QED) is 0.247. The number of nitrogens with zero attached hydrogens (tertiary/aromatic N) is 3. The van der Waals surface area contributed by atoms with Crippen LogP contribution < -0.4 is 0 Å². The number of ether oxygens (including phenoxy) is 1. The summed E-state index contributed by atoms with van der Waals surface area (Å²) < 4.78 is 5.46. The van der Waals surface area contributed by atoms with E-state index in [-0.39, 0.29) is 5.69 Å². The molecule has 1 aromatic rings. The van der Waals surface area contributed by atoms with Crippen molar-refractivity contribution in [1.29, 1.82) is 0 Å². The fraction of sp³-hybridized carbons (Fsp3) is 0.375. The van der Waals surface area contributed by atoms with Crippen molar-refractivity contribution in [2.45, 2.75) is 13.8 Å². The molecule has 0 radical (unpaired) electrons. The molecule has 0 amide bonds. The molecule has 8 heteroatoms. The second-order valence-corrected chi connectivity index (χ2v) is 6.16. The number of aryl methyl sites for hydroxylation is 1. The van der Waals surface area contributed by atoms with Gasteiger partial charge in [-0.1, -0.05) is 11.8 Å². The van der Waals surface area contributed by atoms with Crippen LogP contribution in [0, 0.1) is 17.0 Å². The van der Waals surface area contributed by atoms with E-state index in [1.54, 1.807) is 24.8 Å². The average Bonchev–Trinajstić information content (AvgIpc) is 2.96. The van der Waals surface area contributed by atoms with Crippen LogP contribution in [0.4, 0.5) is 11.4 Å². The van der Waals surface area contributed by atoms with E-state index in [9.17, 15) is 14.9 Å². The highest BCUT2D eigenvalue weighted by atomic mass is 32.2. The van der Waals surface area contributed by atoms with Crippen LogP contribution in [0.25, 0.3) is 0 Å². The summed E-state index contributed by atoms with van der Waals surface area (Å²) in [6.45, 7) is 5.44. The van der Waals surface area contributed by atoms with Crippen molar-refractivity contribution in [3.63, 3.8) is 0 Å². The number of nitro benzene ring substituents is 1. The Kier molecular flexibility index (Phi) is 6.36. The zero-order valence-corrected chi connectivity index (χ0v) is 14.4. The molecule has 0 aliphatic carbocycles. The summed E-state index contributed by atoms with van der Waals surface area (Å²) in [7, 11) is 0. The minimum Gasteiger partial charge on any atom is -0.496 e. The largest absolute Gasteiger partial charge is 0.496 e. The van der Waals surface area contributed by atoms with E-state index in [0.29, 0.717) is 30.9 Å². The Balaban J connectivity index is 2.20. The lowest BCUT2D eigenvalue weighted by atomic mass is 10.2. The number of carbonyl (C=O) groups is 1. The Hall–Kier alpha value is -2.35. The van der Waals surface area contributed by atoms with Crippen LogP contribution >= 0.6 is 11.8 Å². The van der Waals surface area contributed by atoms with Gasteiger partial charge in [0.15, 0.2) is 5.17 Å². The number of hydrogen-bond donors (Lipinski definition) is 0. The standard InChI is InChI=1S/C16H19N3O4S/c1-3-23-14(6-8-20)11-18-7-9-24-16(18)17-15-5-4-13(19(21)22)10-12(15)2/h4-6,8,10H,3,7,9,11H2,1-2H3/b14-6-,17-16?. The maximum Gasteiger partial charge on any atom is 0.269 e. The predicted molar refractivity (Wildman–Crippen MR) is 94.7 cm³/mol. The van der Waals surface area contributed by atoms with Gasteiger partial charge in [-0.05, 0) is 25.5 Å². The predicted octanol–water partition coefficient (Wildman–Crippen LogP) is 3.06. The van der Waals surface area contributed by atoms with Gasteiger partial charge in [-0.15, -0.1) is 0 Å². The fourth-order valence-corrected chi connectivity index (χ4v) is 3.26. The number of benzene rings is 1. The molecule has 0 N–H and O–H groups in total. The lowest BCUT2D eigenvalue weighted by molar-refractivity contribution is -0.384. The summed E-state index contributed by atoms with van der Waals surface area (Å²) >= 11 is 1.61. The van der Waals surface area contributed by atoms with Crippen molar-refractivity contribution in [1.82, 2.24) is 4.90 Å². The van der Waals surface area contributed by atoms with Gasteiger partial charge >= 0.3 is 0 Å². The first-order valence-electron chi connectivity index (χ1n) is 7.53. The highest BCUT2D eigenvalue weighted by Crippen LogP contribution is 2.28. The molecule has 0 atom stereocenters. The van der Waals surface area contributed by atoms with Gasteiger partial charge in [0.05, 0.1) is 23.8 Å². The number of carbonyl (C=O) groups excluding carboxylic acids is 1. The zero-order chi connectivity index (χ0) is 17.5. The van der Waals surface area contributed by atoms with Crippen LogP contribution in [0.5, 0.6) is 0 Å². The van der Waals surface area contributed by atoms with Crippen LogP contribution in [-0.4, -0.2) is 46.7 Å². The maximum absolute atomic E-state index is 10.8. The molecule has 0 saturated carbocycles. The summed E-state index contributed by atoms with van der Waals surface area (Å²) in [5.41, 5.74) is 1.50. The van der Waals surface area contributed by atoms with Gasteiger partial charge in [-0.3, -0.25) is 14.9 Å². The van der Waals surface area contributed by atoms with Gasteiger partial charge in [0.2, 0.25) is 0 Å². The smallest absolute Gasteiger partial charge is 0.269 e. The lowest BCUT2D eigenvalue weighted by Gasteiger charge is -2.19. The van der Waals surface area contributed by atoms with Gasteiger partial charge in [-0.2, -0.15) is 0 Å². The molecule has 7 nitrogen and oxygen atoms in total. The van der Waals surface area contributed by atoms with Crippen molar-refractivity contribution in [3.8, 4) is 0 Å². The highest BCUT2D eigenvalue weighted by molar-refractivity contribution is 8.14. The topological polar surface area (TPSA) is 85.0 Å². The summed E-state index contributed by atoms with van der Waals surface area (Å²) in [5, 5.41) is 11.6. The van der Waals surface area contributed by atoms with Gasteiger partial charge in [0.1, 0.15) is 12.0 Å². The van der Waals surface area contributed by atoms with Crippen LogP contribution in [0.3, 0.4) is 0 Å². The molecule has 24 heavy (non-hydrogen) atoms. The number of nitro groups is 1. The van der Waals surface area contributed by atoms with E-state index in [1.165, 1.54) is 18.2 Å². The second-order valence-electron chi connectivity index (χ2n) is 5.09. The van der Waals surface area contributed by atoms with Crippen LogP contribution in [0.15, 0.2) is 35.0 Å². The van der Waals surface area contributed by atoms with Gasteiger partial charge in [0.25, 0.3) is 5.69 Å². The molecule has 0 bridgehead atoms. The van der Waals surface area contributed by atoms with E-state index in [0.717, 1.165) is 23.0 Å². The third-order valence-electron chi connectivity index (χ3n) is 3.40. The van der Waals surface area contributed by atoms with Crippen molar-refractivity contribution in [3.05, 3.63) is 45.7 Å². The third kappa shape index (κ3) is 4.58. The van der Waals surface area contributed by atoms with E-state index < -0.39 is 4.92 Å². The Bertz CT molecular complexity index is 688. The lowest BCUT2D eigenvalue weighted by Crippen LogP contribution is -2.27. The van der Waals surface area contributed by atoms with Crippen molar-refractivity contribution >= 4 is 34.6 Å². The van der Waals surface area contributed by atoms with Crippen LogP contribution in [-0.2, 0) is 9.53 Å². The first-order valence-corrected chi connectivity index (χ1v) is 8.52. The molecule has 2 rings (SSSR count). The van der Waals surface area contributed by atoms with Crippen molar-refractivity contribution in [2.75, 3.05) is 25.4 Å². The van der Waals surface area contributed by atoms with Gasteiger partial charge in [0, 0.05) is 30.5 Å². The Morgan fingerprint density at radius 2 is 2.33 bits per heavy atom. The number of aldehydes is 1. The molecule has 128 valence electrons. The number of allylic oxidation sites excluding steroid dienone is 1. The molecular formula is C16H19N3O4S. The zero-order valence-electron chi connectivity index (χ0n) is 13.6. The minimum atomic E-state index is -0.418. The Labute approximate surface area is 144 Å². The van der Waals surface area contributed by atoms with Gasteiger partial charge < -0.3 is 9.64 Å². The normalized spacial score (nSPS) is 16.5. The molecule has 1 saturated heterocycles. The van der Waals surface area contributed by atoms with Crippen LogP contribution in [0.1, 0.15) is 12.5 Å². The highest BCUT2D eigenvalue weighted by Gasteiger charge is 2.21. The number of thioether (sulfide) groups is 1. The van der Waals surface area contributed by atoms with Crippen LogP contribution in [0.2, 0.25) is 0 Å². The summed E-state index contributed by atoms with van der Waals surface area (Å²) in [6.07, 6.45) is 2.13. The molecule has 1 aliphatic rings. The summed E-state index contributed by atoms with van der Waals surface area (Å²) in [4.78, 5) is 27.8. The summed E-state index contributed by atoms with van der Waals surface area (Å²) in [5.74, 6) is 1.49. The number of rotatable bonds is 7. The molecule has 1 fully saturated rings. The minimum absolute atomic E-state index is 0.0555. The third-order valence-corrected chi connectivity index (χ3v) is 4.39. The molecule has 1 aliphatic heterocycles. The first kappa shape index (κ1) is 18.0. The molecule has 1 heterocycles. The number of amidine groups is 1. The molecule has 1 aromatic carbocycles. The van der Waals surface area contributed by atoms with Crippen molar-refractivity contribution in [2.24, 2.45) is 4.99 Å². The Morgan fingerprint density at radius 1 is 1.54 bits per heavy atom. The van der Waals surface area contributed by atoms with Gasteiger partial charge in [-0.25, -0.2) is 4.99 Å². The van der Waals surface area contributed by atoms with E-state index in [4.69, 9.17) is 4.74 Å². The number of aliphatic imine (C=N–C) groups is 1. The molecular weight excluding hydrogens is 330 g/mol. The van der Waals surface area contributed by atoms with Crippen molar-refractivity contribution < 1.29 is 14.5 Å².